The fourth-order valence-electron chi connectivity index (χ4n) is 2.79. The number of rotatable bonds is 2. The van der Waals surface area contributed by atoms with Crippen LogP contribution in [-0.2, 0) is 0 Å². The van der Waals surface area contributed by atoms with Gasteiger partial charge >= 0.3 is 0 Å². The van der Waals surface area contributed by atoms with Crippen molar-refractivity contribution in [3.63, 3.8) is 0 Å². The zero-order valence-electron chi connectivity index (χ0n) is 12.0. The number of benzene rings is 1. The summed E-state index contributed by atoms with van der Waals surface area (Å²) >= 11 is 0. The number of aromatic nitrogens is 2. The lowest BCUT2D eigenvalue weighted by molar-refractivity contribution is 0.0985. The lowest BCUT2D eigenvalue weighted by Crippen LogP contribution is -2.17. The van der Waals surface area contributed by atoms with Gasteiger partial charge in [0.1, 0.15) is 6.04 Å². The first-order valence-corrected chi connectivity index (χ1v) is 7.10. The van der Waals surface area contributed by atoms with E-state index in [-0.39, 0.29) is 30.0 Å². The van der Waals surface area contributed by atoms with Crippen LogP contribution < -0.4 is 5.73 Å². The van der Waals surface area contributed by atoms with Gasteiger partial charge in [-0.25, -0.2) is 9.37 Å². The topological polar surface area (TPSA) is 85.1 Å². The molecule has 0 radical (unpaired) electrons. The van der Waals surface area contributed by atoms with E-state index in [4.69, 9.17) is 5.73 Å². The van der Waals surface area contributed by atoms with E-state index in [1.165, 1.54) is 6.07 Å². The molecule has 114 valence electrons. The first-order chi connectivity index (χ1) is 11.2. The van der Waals surface area contributed by atoms with Crippen molar-refractivity contribution in [1.29, 1.82) is 0 Å². The van der Waals surface area contributed by atoms with Crippen LogP contribution >= 0.6 is 0 Å². The third-order valence-corrected chi connectivity index (χ3v) is 3.94. The third-order valence-electron chi connectivity index (χ3n) is 3.94. The molecule has 0 aliphatic carbocycles. The average Bonchev–Trinajstić information content (AvgIpc) is 3.00. The van der Waals surface area contributed by atoms with Gasteiger partial charge < -0.3 is 5.73 Å². The fourth-order valence-corrected chi connectivity index (χ4v) is 2.79. The average molecular weight is 309 g/mol. The molecule has 1 atom stereocenters. The van der Waals surface area contributed by atoms with E-state index in [1.54, 1.807) is 35.0 Å². The highest BCUT2D eigenvalue weighted by Gasteiger charge is 2.24. The predicted molar refractivity (Wildman–Crippen MR) is 81.6 cm³/mol. The van der Waals surface area contributed by atoms with Gasteiger partial charge in [0, 0.05) is 23.9 Å². The number of fused-ring (bicyclic) bond motifs is 2. The van der Waals surface area contributed by atoms with Gasteiger partial charge in [-0.2, -0.15) is 5.11 Å². The number of nitrogens with two attached hydrogens (primary N) is 1. The van der Waals surface area contributed by atoms with Crippen LogP contribution in [0.3, 0.4) is 0 Å². The molecule has 3 aromatic rings. The van der Waals surface area contributed by atoms with E-state index < -0.39 is 0 Å². The largest absolute Gasteiger partial charge is 0.328 e. The van der Waals surface area contributed by atoms with E-state index in [9.17, 15) is 9.18 Å². The number of nitrogens with zero attached hydrogens (tertiary/aromatic N) is 4. The van der Waals surface area contributed by atoms with E-state index >= 15 is 0 Å². The Labute approximate surface area is 130 Å². The Kier molecular flexibility index (Phi) is 3.02. The summed E-state index contributed by atoms with van der Waals surface area (Å²) in [6.45, 7) is 0.259. The minimum Gasteiger partial charge on any atom is -0.328 e. The van der Waals surface area contributed by atoms with Crippen LogP contribution in [0.5, 0.6) is 0 Å². The van der Waals surface area contributed by atoms with Crippen LogP contribution in [0.4, 0.5) is 4.39 Å². The molecule has 2 N–H and O–H groups in total. The van der Waals surface area contributed by atoms with E-state index in [0.717, 1.165) is 16.8 Å². The van der Waals surface area contributed by atoms with Gasteiger partial charge in [0.2, 0.25) is 0 Å². The van der Waals surface area contributed by atoms with Gasteiger partial charge in [0.25, 0.3) is 5.91 Å². The summed E-state index contributed by atoms with van der Waals surface area (Å²) in [7, 11) is 0. The third kappa shape index (κ3) is 2.05. The van der Waals surface area contributed by atoms with Gasteiger partial charge in [-0.1, -0.05) is 6.07 Å². The Morgan fingerprint density at radius 2 is 2.17 bits per heavy atom. The first kappa shape index (κ1) is 13.7. The minimum atomic E-state index is -0.388. The predicted octanol–water partition coefficient (Wildman–Crippen LogP) is 2.75. The molecule has 23 heavy (non-hydrogen) atoms. The van der Waals surface area contributed by atoms with Crippen molar-refractivity contribution in [3.05, 3.63) is 59.7 Å². The highest BCUT2D eigenvalue weighted by Crippen LogP contribution is 2.31. The zero-order valence-corrected chi connectivity index (χ0v) is 12.0. The maximum Gasteiger partial charge on any atom is 0.295 e. The van der Waals surface area contributed by atoms with Crippen molar-refractivity contribution in [2.45, 2.75) is 6.04 Å². The number of carbonyl (C=O) groups excluding carboxylic acids is 1. The van der Waals surface area contributed by atoms with Crippen LogP contribution in [0.15, 0.2) is 53.0 Å². The molecule has 1 aliphatic rings. The molecule has 2 aromatic heterocycles. The smallest absolute Gasteiger partial charge is 0.295 e. The fraction of sp³-hybridized carbons (Fsp3) is 0.125. The first-order valence-electron chi connectivity index (χ1n) is 7.10. The SMILES string of the molecule is NCC1N=NC(=O)c2ccc(-c3cnc4c(F)cccn34)cc21. The molecule has 1 amide bonds. The molecule has 3 heterocycles. The molecule has 0 saturated carbocycles. The summed E-state index contributed by atoms with van der Waals surface area (Å²) in [6, 6.07) is 7.97. The molecular weight excluding hydrogens is 297 g/mol. The molecule has 0 saturated heterocycles. The van der Waals surface area contributed by atoms with Gasteiger partial charge in [-0.3, -0.25) is 9.20 Å². The molecule has 1 aliphatic heterocycles. The van der Waals surface area contributed by atoms with Crippen molar-refractivity contribution in [3.8, 4) is 11.3 Å². The lowest BCUT2D eigenvalue weighted by atomic mass is 9.95. The highest BCUT2D eigenvalue weighted by atomic mass is 19.1. The summed E-state index contributed by atoms with van der Waals surface area (Å²) in [5.74, 6) is -0.763. The van der Waals surface area contributed by atoms with Crippen LogP contribution in [0.2, 0.25) is 0 Å². The Balaban J connectivity index is 1.91. The summed E-state index contributed by atoms with van der Waals surface area (Å²) in [6.07, 6.45) is 3.34. The number of imidazole rings is 1. The molecular formula is C16H12FN5O. The second-order valence-electron chi connectivity index (χ2n) is 5.27. The van der Waals surface area contributed by atoms with Crippen molar-refractivity contribution in [2.24, 2.45) is 16.0 Å². The Bertz CT molecular complexity index is 962. The van der Waals surface area contributed by atoms with E-state index in [0.29, 0.717) is 5.56 Å². The maximum absolute atomic E-state index is 13.8. The number of carbonyl (C=O) groups is 1. The monoisotopic (exact) mass is 309 g/mol. The molecule has 7 heteroatoms. The number of amides is 1. The van der Waals surface area contributed by atoms with Crippen LogP contribution in [-0.4, -0.2) is 21.8 Å². The van der Waals surface area contributed by atoms with Crippen molar-refractivity contribution >= 4 is 11.6 Å². The zero-order chi connectivity index (χ0) is 16.0. The maximum atomic E-state index is 13.8. The summed E-state index contributed by atoms with van der Waals surface area (Å²) in [5.41, 5.74) is 8.74. The summed E-state index contributed by atoms with van der Waals surface area (Å²) < 4.78 is 15.5. The minimum absolute atomic E-state index is 0.256. The number of pyridine rings is 1. The Morgan fingerprint density at radius 3 is 3.00 bits per heavy atom. The standard InChI is InChI=1S/C16H12FN5O/c17-12-2-1-5-22-14(8-19-15(12)22)9-3-4-10-11(6-9)13(7-18)20-21-16(10)23/h1-6,8,13H,7,18H2. The Hall–Kier alpha value is -2.93. The summed E-state index contributed by atoms with van der Waals surface area (Å²) in [4.78, 5) is 15.9. The number of hydrogen-bond donors (Lipinski definition) is 1. The van der Waals surface area contributed by atoms with Crippen LogP contribution in [0, 0.1) is 5.82 Å². The van der Waals surface area contributed by atoms with E-state index in [1.807, 2.05) is 6.07 Å². The quantitative estimate of drug-likeness (QED) is 0.789. The highest BCUT2D eigenvalue weighted by molar-refractivity contribution is 5.97. The molecule has 1 aromatic carbocycles. The summed E-state index contributed by atoms with van der Waals surface area (Å²) in [5, 5.41) is 7.55. The molecule has 0 bridgehead atoms. The number of hydrogen-bond acceptors (Lipinski definition) is 4. The second-order valence-corrected chi connectivity index (χ2v) is 5.27. The van der Waals surface area contributed by atoms with Crippen LogP contribution in [0.1, 0.15) is 22.0 Å². The van der Waals surface area contributed by atoms with Crippen molar-refractivity contribution < 1.29 is 9.18 Å². The second kappa shape index (κ2) is 5.06. The lowest BCUT2D eigenvalue weighted by Gasteiger charge is -2.17. The number of azo groups is 1. The molecule has 0 fully saturated rings. The van der Waals surface area contributed by atoms with Crippen molar-refractivity contribution in [1.82, 2.24) is 9.38 Å². The van der Waals surface area contributed by atoms with Gasteiger partial charge in [-0.05, 0) is 29.8 Å². The van der Waals surface area contributed by atoms with Crippen molar-refractivity contribution in [2.75, 3.05) is 6.54 Å². The van der Waals surface area contributed by atoms with E-state index in [2.05, 4.69) is 15.2 Å². The van der Waals surface area contributed by atoms with Gasteiger partial charge in [-0.15, -0.1) is 5.11 Å². The molecule has 6 nitrogen and oxygen atoms in total. The molecule has 4 rings (SSSR count). The molecule has 0 spiro atoms. The normalized spacial score (nSPS) is 16.8. The van der Waals surface area contributed by atoms with Gasteiger partial charge in [0.15, 0.2) is 11.5 Å². The van der Waals surface area contributed by atoms with Gasteiger partial charge in [0.05, 0.1) is 11.9 Å². The Morgan fingerprint density at radius 1 is 1.30 bits per heavy atom. The van der Waals surface area contributed by atoms with Crippen LogP contribution in [0.25, 0.3) is 16.9 Å². The number of halogens is 1. The molecule has 1 unspecified atom stereocenters.